The summed E-state index contributed by atoms with van der Waals surface area (Å²) in [6.45, 7) is 6.54. The fourth-order valence-corrected chi connectivity index (χ4v) is 7.05. The third-order valence-electron chi connectivity index (χ3n) is 6.86. The lowest BCUT2D eigenvalue weighted by Gasteiger charge is -2.29. The molecule has 1 aliphatic rings. The molecule has 0 atom stereocenters. The van der Waals surface area contributed by atoms with Crippen molar-refractivity contribution in [1.29, 1.82) is 0 Å². The zero-order valence-electron chi connectivity index (χ0n) is 22.2. The molecule has 0 bridgehead atoms. The molecule has 1 saturated heterocycles. The molecule has 2 aromatic carbocycles. The normalized spacial score (nSPS) is 15.4. The van der Waals surface area contributed by atoms with Crippen molar-refractivity contribution in [3.63, 3.8) is 0 Å². The number of methoxy groups -OCH3 is 1. The second-order valence-corrected chi connectivity index (χ2v) is 12.9. The minimum atomic E-state index is -3.58. The fraction of sp³-hybridized carbons (Fsp3) is 0.481. The Labute approximate surface area is 223 Å². The number of aryl methyl sites for hydroxylation is 1. The molecular weight excluding hydrogens is 508 g/mol. The van der Waals surface area contributed by atoms with Crippen molar-refractivity contribution in [3.05, 3.63) is 47.5 Å². The van der Waals surface area contributed by atoms with Crippen LogP contribution in [0.1, 0.15) is 42.1 Å². The van der Waals surface area contributed by atoms with Gasteiger partial charge in [0.05, 0.1) is 16.7 Å². The van der Waals surface area contributed by atoms with Gasteiger partial charge in [-0.3, -0.25) is 9.69 Å². The van der Waals surface area contributed by atoms with Crippen LogP contribution in [-0.2, 0) is 10.0 Å². The number of hydrogen-bond donors (Lipinski definition) is 0. The van der Waals surface area contributed by atoms with E-state index < -0.39 is 10.0 Å². The van der Waals surface area contributed by atoms with E-state index in [4.69, 9.17) is 9.72 Å². The van der Waals surface area contributed by atoms with Crippen molar-refractivity contribution in [3.8, 4) is 5.75 Å². The lowest BCUT2D eigenvalue weighted by molar-refractivity contribution is 0.0986. The van der Waals surface area contributed by atoms with Gasteiger partial charge in [-0.05, 0) is 88.6 Å². The summed E-state index contributed by atoms with van der Waals surface area (Å²) in [5, 5.41) is 0.602. The van der Waals surface area contributed by atoms with Gasteiger partial charge in [0.2, 0.25) is 10.0 Å². The summed E-state index contributed by atoms with van der Waals surface area (Å²) in [5.74, 6) is 1.01. The van der Waals surface area contributed by atoms with E-state index in [1.807, 2.05) is 33.2 Å². The van der Waals surface area contributed by atoms with Crippen LogP contribution >= 0.6 is 11.3 Å². The maximum absolute atomic E-state index is 13.7. The molecule has 10 heteroatoms. The Kier molecular flexibility index (Phi) is 8.52. The van der Waals surface area contributed by atoms with Crippen molar-refractivity contribution in [2.24, 2.45) is 5.92 Å². The summed E-state index contributed by atoms with van der Waals surface area (Å²) in [7, 11) is 2.04. The van der Waals surface area contributed by atoms with Gasteiger partial charge in [-0.15, -0.1) is 0 Å². The van der Waals surface area contributed by atoms with Gasteiger partial charge in [0, 0.05) is 25.2 Å². The molecule has 1 fully saturated rings. The standard InChI is InChI=1S/C27H36N4O4S2/c1-19-13-17-30(18-14-19)37(33,34)22-10-8-21(9-11-22)26(32)31(16-6-15-29(3)4)27-28-24-23(35-5)12-7-20(2)25(24)36-27/h7-12,19H,6,13-18H2,1-5H3. The highest BCUT2D eigenvalue weighted by Gasteiger charge is 2.29. The van der Waals surface area contributed by atoms with Crippen LogP contribution < -0.4 is 9.64 Å². The molecule has 3 aromatic rings. The number of rotatable bonds is 9. The summed E-state index contributed by atoms with van der Waals surface area (Å²) in [4.78, 5) is 22.5. The first-order valence-electron chi connectivity index (χ1n) is 12.6. The van der Waals surface area contributed by atoms with Crippen LogP contribution in [0.15, 0.2) is 41.3 Å². The molecule has 0 unspecified atom stereocenters. The highest BCUT2D eigenvalue weighted by atomic mass is 32.2. The zero-order valence-corrected chi connectivity index (χ0v) is 23.9. The minimum Gasteiger partial charge on any atom is -0.494 e. The fourth-order valence-electron chi connectivity index (χ4n) is 4.51. The van der Waals surface area contributed by atoms with Crippen LogP contribution in [0.3, 0.4) is 0 Å². The monoisotopic (exact) mass is 544 g/mol. The maximum Gasteiger partial charge on any atom is 0.260 e. The molecular formula is C27H36N4O4S2. The summed E-state index contributed by atoms with van der Waals surface area (Å²) in [6.07, 6.45) is 2.50. The van der Waals surface area contributed by atoms with Crippen LogP contribution in [0, 0.1) is 12.8 Å². The van der Waals surface area contributed by atoms with Crippen LogP contribution in [0.5, 0.6) is 5.75 Å². The first-order chi connectivity index (χ1) is 17.6. The molecule has 0 spiro atoms. The summed E-state index contributed by atoms with van der Waals surface area (Å²) in [5.41, 5.74) is 2.24. The number of anilines is 1. The van der Waals surface area contributed by atoms with Crippen molar-refractivity contribution in [2.75, 3.05) is 52.3 Å². The SMILES string of the molecule is COc1ccc(C)c2sc(N(CCCN(C)C)C(=O)c3ccc(S(=O)(=O)N4CCC(C)CC4)cc3)nc12. The third-order valence-corrected chi connectivity index (χ3v) is 9.98. The van der Waals surface area contributed by atoms with E-state index >= 15 is 0 Å². The Morgan fingerprint density at radius 3 is 2.41 bits per heavy atom. The number of ether oxygens (including phenoxy) is 1. The number of hydrogen-bond acceptors (Lipinski definition) is 7. The smallest absolute Gasteiger partial charge is 0.260 e. The Morgan fingerprint density at radius 2 is 1.78 bits per heavy atom. The number of thiazole rings is 1. The largest absolute Gasteiger partial charge is 0.494 e. The second kappa shape index (κ2) is 11.5. The topological polar surface area (TPSA) is 83.0 Å². The number of aromatic nitrogens is 1. The van der Waals surface area contributed by atoms with E-state index in [1.165, 1.54) is 11.3 Å². The lowest BCUT2D eigenvalue weighted by Crippen LogP contribution is -2.38. The molecule has 1 aromatic heterocycles. The van der Waals surface area contributed by atoms with Gasteiger partial charge in [0.25, 0.3) is 5.91 Å². The molecule has 0 radical (unpaired) electrons. The van der Waals surface area contributed by atoms with Crippen molar-refractivity contribution in [1.82, 2.24) is 14.2 Å². The number of nitrogens with zero attached hydrogens (tertiary/aromatic N) is 4. The summed E-state index contributed by atoms with van der Waals surface area (Å²) >= 11 is 1.47. The van der Waals surface area contributed by atoms with Gasteiger partial charge in [-0.1, -0.05) is 24.3 Å². The predicted molar refractivity (Wildman–Crippen MR) is 149 cm³/mol. The molecule has 0 N–H and O–H groups in total. The Bertz CT molecular complexity index is 1340. The summed E-state index contributed by atoms with van der Waals surface area (Å²) < 4.78 is 34.3. The number of amides is 1. The van der Waals surface area contributed by atoms with Gasteiger partial charge < -0.3 is 9.64 Å². The third kappa shape index (κ3) is 5.98. The van der Waals surface area contributed by atoms with E-state index in [0.717, 1.165) is 41.6 Å². The van der Waals surface area contributed by atoms with Crippen molar-refractivity contribution < 1.29 is 17.9 Å². The van der Waals surface area contributed by atoms with Gasteiger partial charge in [0.1, 0.15) is 11.3 Å². The maximum atomic E-state index is 13.7. The number of carbonyl (C=O) groups excluding carboxylic acids is 1. The predicted octanol–water partition coefficient (Wildman–Crippen LogP) is 4.63. The van der Waals surface area contributed by atoms with E-state index in [0.29, 0.717) is 42.0 Å². The molecule has 1 amide bonds. The van der Waals surface area contributed by atoms with E-state index in [2.05, 4.69) is 11.8 Å². The average Bonchev–Trinajstić information content (AvgIpc) is 3.33. The summed E-state index contributed by atoms with van der Waals surface area (Å²) in [6, 6.07) is 10.2. The highest BCUT2D eigenvalue weighted by Crippen LogP contribution is 2.37. The number of carbonyl (C=O) groups is 1. The molecule has 0 saturated carbocycles. The van der Waals surface area contributed by atoms with E-state index in [-0.39, 0.29) is 10.8 Å². The van der Waals surface area contributed by atoms with Gasteiger partial charge in [-0.25, -0.2) is 13.4 Å². The molecule has 0 aliphatic carbocycles. The molecule has 200 valence electrons. The first-order valence-corrected chi connectivity index (χ1v) is 14.9. The molecule has 8 nitrogen and oxygen atoms in total. The zero-order chi connectivity index (χ0) is 26.7. The number of piperidine rings is 1. The highest BCUT2D eigenvalue weighted by molar-refractivity contribution is 7.89. The van der Waals surface area contributed by atoms with Crippen LogP contribution in [0.4, 0.5) is 5.13 Å². The van der Waals surface area contributed by atoms with Crippen molar-refractivity contribution >= 4 is 42.6 Å². The Hall–Kier alpha value is -2.53. The van der Waals surface area contributed by atoms with Gasteiger partial charge >= 0.3 is 0 Å². The van der Waals surface area contributed by atoms with Crippen LogP contribution in [-0.4, -0.2) is 75.9 Å². The first kappa shape index (κ1) is 27.5. The van der Waals surface area contributed by atoms with Crippen molar-refractivity contribution in [2.45, 2.75) is 38.0 Å². The van der Waals surface area contributed by atoms with Crippen LogP contribution in [0.2, 0.25) is 0 Å². The molecule has 4 rings (SSSR count). The Morgan fingerprint density at radius 1 is 1.11 bits per heavy atom. The quantitative estimate of drug-likeness (QED) is 0.391. The average molecular weight is 545 g/mol. The molecule has 37 heavy (non-hydrogen) atoms. The Balaban J connectivity index is 1.63. The molecule has 1 aliphatic heterocycles. The number of fused-ring (bicyclic) bond motifs is 1. The lowest BCUT2D eigenvalue weighted by atomic mass is 10.0. The van der Waals surface area contributed by atoms with E-state index in [1.54, 1.807) is 40.6 Å². The van der Waals surface area contributed by atoms with Gasteiger partial charge in [0.15, 0.2) is 5.13 Å². The number of sulfonamides is 1. The number of benzene rings is 2. The second-order valence-electron chi connectivity index (χ2n) is 9.98. The van der Waals surface area contributed by atoms with Crippen LogP contribution in [0.25, 0.3) is 10.2 Å². The molecule has 2 heterocycles. The van der Waals surface area contributed by atoms with Gasteiger partial charge in [-0.2, -0.15) is 4.31 Å². The van der Waals surface area contributed by atoms with E-state index in [9.17, 15) is 13.2 Å². The minimum absolute atomic E-state index is 0.204.